The summed E-state index contributed by atoms with van der Waals surface area (Å²) in [4.78, 5) is 40.5. The van der Waals surface area contributed by atoms with E-state index in [4.69, 9.17) is 37.4 Å². The van der Waals surface area contributed by atoms with Crippen molar-refractivity contribution in [2.45, 2.75) is 49.7 Å². The highest BCUT2D eigenvalue weighted by Gasteiger charge is 2.52. The molecule has 41 heavy (non-hydrogen) atoms. The molecule has 10 nitrogen and oxygen atoms in total. The molecule has 3 aliphatic rings. The summed E-state index contributed by atoms with van der Waals surface area (Å²) in [5.41, 5.74) is 1.70. The third kappa shape index (κ3) is 5.67. The van der Waals surface area contributed by atoms with Gasteiger partial charge >= 0.3 is 0 Å². The number of benzene rings is 2. The van der Waals surface area contributed by atoms with Crippen LogP contribution in [-0.4, -0.2) is 84.4 Å². The van der Waals surface area contributed by atoms with Crippen LogP contribution in [0.5, 0.6) is 11.5 Å². The summed E-state index contributed by atoms with van der Waals surface area (Å²) < 4.78 is 17.4. The second kappa shape index (κ2) is 12.4. The summed E-state index contributed by atoms with van der Waals surface area (Å²) in [5.74, 6) is -1.04. The van der Waals surface area contributed by atoms with Crippen LogP contribution in [0.25, 0.3) is 0 Å². The molecule has 5 rings (SSSR count). The maximum atomic E-state index is 13.9. The number of aliphatic hydroxyl groups is 2. The van der Waals surface area contributed by atoms with Gasteiger partial charge in [0, 0.05) is 36.4 Å². The summed E-state index contributed by atoms with van der Waals surface area (Å²) in [5, 5.41) is 24.5. The maximum Gasteiger partial charge on any atom is 0.252 e. The summed E-state index contributed by atoms with van der Waals surface area (Å²) in [7, 11) is 1.43. The van der Waals surface area contributed by atoms with Crippen LogP contribution in [0.3, 0.4) is 0 Å². The smallest absolute Gasteiger partial charge is 0.252 e. The quantitative estimate of drug-likeness (QED) is 0.372. The molecule has 1 unspecified atom stereocenters. The van der Waals surface area contributed by atoms with Crippen LogP contribution in [0.1, 0.15) is 40.2 Å². The van der Waals surface area contributed by atoms with Gasteiger partial charge in [0.2, 0.25) is 5.91 Å². The standard InChI is InChI=1S/C29H30Cl2N2O8/c1-39-23-11-16(14-35)9-17-24-18(28(37)32-6-7-34)12-21(25(36)27(24)41-26(17)23)33(29(38)22-3-2-8-40-22)13-15-4-5-19(30)20(31)10-15/h4-5,9-12,14,21-22,24-25,27,34,36H,2-3,6-8,13H2,1H3,(H,32,37)/t21-,22?,24+,25+,27+/m1/s1. The van der Waals surface area contributed by atoms with Crippen molar-refractivity contribution in [3.63, 3.8) is 0 Å². The van der Waals surface area contributed by atoms with E-state index in [1.165, 1.54) is 18.1 Å². The predicted octanol–water partition coefficient (Wildman–Crippen LogP) is 2.64. The van der Waals surface area contributed by atoms with Gasteiger partial charge in [-0.05, 0) is 48.7 Å². The van der Waals surface area contributed by atoms with Crippen LogP contribution in [-0.2, 0) is 20.9 Å². The van der Waals surface area contributed by atoms with E-state index in [2.05, 4.69) is 5.32 Å². The fraction of sp³-hybridized carbons (Fsp3) is 0.414. The van der Waals surface area contributed by atoms with Crippen LogP contribution >= 0.6 is 23.2 Å². The van der Waals surface area contributed by atoms with Crippen LogP contribution in [0.4, 0.5) is 0 Å². The molecular weight excluding hydrogens is 575 g/mol. The fourth-order valence-corrected chi connectivity index (χ4v) is 6.00. The van der Waals surface area contributed by atoms with Crippen molar-refractivity contribution in [3.05, 3.63) is 68.7 Å². The van der Waals surface area contributed by atoms with Crippen molar-refractivity contribution in [1.29, 1.82) is 0 Å². The topological polar surface area (TPSA) is 135 Å². The van der Waals surface area contributed by atoms with Gasteiger partial charge in [-0.1, -0.05) is 29.3 Å². The molecule has 0 spiro atoms. The molecular formula is C29H30Cl2N2O8. The number of rotatable bonds is 9. The lowest BCUT2D eigenvalue weighted by atomic mass is 9.77. The van der Waals surface area contributed by atoms with Gasteiger partial charge < -0.3 is 34.6 Å². The Kier molecular flexibility index (Phi) is 8.86. The number of amides is 2. The Morgan fingerprint density at radius 2 is 2.02 bits per heavy atom. The van der Waals surface area contributed by atoms with Gasteiger partial charge in [-0.2, -0.15) is 0 Å². The molecule has 12 heteroatoms. The highest BCUT2D eigenvalue weighted by Crippen LogP contribution is 2.51. The number of hydrogen-bond acceptors (Lipinski definition) is 8. The predicted molar refractivity (Wildman–Crippen MR) is 149 cm³/mol. The second-order valence-corrected chi connectivity index (χ2v) is 10.9. The average Bonchev–Trinajstić information content (AvgIpc) is 3.65. The average molecular weight is 605 g/mol. The Morgan fingerprint density at radius 1 is 1.22 bits per heavy atom. The number of hydrogen-bond donors (Lipinski definition) is 3. The van der Waals surface area contributed by atoms with Crippen LogP contribution in [0.2, 0.25) is 10.0 Å². The molecule has 2 aromatic rings. The van der Waals surface area contributed by atoms with E-state index >= 15 is 0 Å². The van der Waals surface area contributed by atoms with Crippen molar-refractivity contribution in [2.24, 2.45) is 0 Å². The van der Waals surface area contributed by atoms with Gasteiger partial charge in [0.1, 0.15) is 24.6 Å². The van der Waals surface area contributed by atoms with Gasteiger partial charge in [0.15, 0.2) is 11.5 Å². The molecule has 0 bridgehead atoms. The number of aldehydes is 1. The molecule has 3 N–H and O–H groups in total. The van der Waals surface area contributed by atoms with Crippen LogP contribution in [0.15, 0.2) is 42.0 Å². The van der Waals surface area contributed by atoms with Crippen molar-refractivity contribution in [2.75, 3.05) is 26.9 Å². The van der Waals surface area contributed by atoms with Crippen molar-refractivity contribution < 1.29 is 38.8 Å². The number of nitrogens with zero attached hydrogens (tertiary/aromatic N) is 1. The van der Waals surface area contributed by atoms with Gasteiger partial charge in [0.05, 0.1) is 35.7 Å². The molecule has 1 fully saturated rings. The highest BCUT2D eigenvalue weighted by atomic mass is 35.5. The van der Waals surface area contributed by atoms with Gasteiger partial charge in [-0.15, -0.1) is 0 Å². The van der Waals surface area contributed by atoms with Gasteiger partial charge in [-0.3, -0.25) is 14.4 Å². The summed E-state index contributed by atoms with van der Waals surface area (Å²) in [6, 6.07) is 7.11. The lowest BCUT2D eigenvalue weighted by Gasteiger charge is -2.41. The number of ether oxygens (including phenoxy) is 3. The largest absolute Gasteiger partial charge is 0.493 e. The van der Waals surface area contributed by atoms with Crippen LogP contribution < -0.4 is 14.8 Å². The number of carbonyl (C=O) groups is 3. The van der Waals surface area contributed by atoms with Gasteiger partial charge in [-0.25, -0.2) is 0 Å². The van der Waals surface area contributed by atoms with Crippen molar-refractivity contribution >= 4 is 41.3 Å². The molecule has 0 aromatic heterocycles. The Morgan fingerprint density at radius 3 is 2.68 bits per heavy atom. The molecule has 0 radical (unpaired) electrons. The molecule has 1 saturated heterocycles. The SMILES string of the molecule is COc1cc(C=O)cc2c1O[C@@H]1[C@@H](O)[C@H](N(Cc3ccc(Cl)c(Cl)c3)C(=O)C3CCCO3)C=C(C(=O)NCCO)[C@H]21. The van der Waals surface area contributed by atoms with E-state index in [1.54, 1.807) is 30.3 Å². The summed E-state index contributed by atoms with van der Waals surface area (Å²) in [6.07, 6.45) is 0.482. The third-order valence-electron chi connectivity index (χ3n) is 7.60. The molecule has 2 aliphatic heterocycles. The third-order valence-corrected chi connectivity index (χ3v) is 8.33. The Labute approximate surface area is 246 Å². The number of aliphatic hydroxyl groups excluding tert-OH is 2. The number of halogens is 2. The van der Waals surface area contributed by atoms with E-state index in [9.17, 15) is 24.6 Å². The van der Waals surface area contributed by atoms with Gasteiger partial charge in [0.25, 0.3) is 5.91 Å². The molecule has 5 atom stereocenters. The zero-order chi connectivity index (χ0) is 29.3. The summed E-state index contributed by atoms with van der Waals surface area (Å²) in [6.45, 7) is 0.198. The zero-order valence-electron chi connectivity index (χ0n) is 22.2. The Hall–Kier alpha value is -3.15. The van der Waals surface area contributed by atoms with E-state index in [0.717, 1.165) is 6.42 Å². The lowest BCUT2D eigenvalue weighted by molar-refractivity contribution is -0.147. The first-order valence-corrected chi connectivity index (χ1v) is 14.0. The van der Waals surface area contributed by atoms with E-state index in [1.807, 2.05) is 0 Å². The Balaban J connectivity index is 1.61. The van der Waals surface area contributed by atoms with Crippen LogP contribution in [0, 0.1) is 0 Å². The maximum absolute atomic E-state index is 13.9. The summed E-state index contributed by atoms with van der Waals surface area (Å²) >= 11 is 12.4. The molecule has 218 valence electrons. The normalized spacial score (nSPS) is 24.5. The molecule has 2 aromatic carbocycles. The molecule has 2 amide bonds. The van der Waals surface area contributed by atoms with Crippen molar-refractivity contribution in [3.8, 4) is 11.5 Å². The lowest BCUT2D eigenvalue weighted by Crippen LogP contribution is -2.57. The first-order valence-electron chi connectivity index (χ1n) is 13.3. The first-order chi connectivity index (χ1) is 19.8. The van der Waals surface area contributed by atoms with E-state index in [0.29, 0.717) is 51.8 Å². The first kappa shape index (κ1) is 29.3. The minimum atomic E-state index is -1.28. The number of carbonyl (C=O) groups excluding carboxylic acids is 3. The highest BCUT2D eigenvalue weighted by molar-refractivity contribution is 6.42. The van der Waals surface area contributed by atoms with E-state index in [-0.39, 0.29) is 36.9 Å². The second-order valence-electron chi connectivity index (χ2n) is 10.1. The fourth-order valence-electron chi connectivity index (χ4n) is 5.68. The van der Waals surface area contributed by atoms with Crippen molar-refractivity contribution in [1.82, 2.24) is 10.2 Å². The minimum Gasteiger partial charge on any atom is -0.493 e. The zero-order valence-corrected chi connectivity index (χ0v) is 23.7. The minimum absolute atomic E-state index is 0.00593. The number of methoxy groups -OCH3 is 1. The van der Waals surface area contributed by atoms with E-state index < -0.39 is 36.2 Å². The molecule has 1 aliphatic carbocycles. The Bertz CT molecular complexity index is 1380. The molecule has 0 saturated carbocycles. The molecule has 2 heterocycles. The number of nitrogens with one attached hydrogen (secondary N) is 1. The monoisotopic (exact) mass is 604 g/mol. The number of fused-ring (bicyclic) bond motifs is 3.